The predicted octanol–water partition coefficient (Wildman–Crippen LogP) is 2.75. The first-order valence-electron chi connectivity index (χ1n) is 7.94. The molecular formula is C19H11FN4O2. The van der Waals surface area contributed by atoms with Gasteiger partial charge in [-0.1, -0.05) is 18.2 Å². The molecule has 1 aliphatic heterocycles. The smallest absolute Gasteiger partial charge is 0.261 e. The summed E-state index contributed by atoms with van der Waals surface area (Å²) in [7, 11) is 0. The molecule has 6 nitrogen and oxygen atoms in total. The number of halogens is 1. The first kappa shape index (κ1) is 14.6. The largest absolute Gasteiger partial charge is 0.361 e. The van der Waals surface area contributed by atoms with E-state index in [0.717, 1.165) is 10.9 Å². The summed E-state index contributed by atoms with van der Waals surface area (Å²) in [6.07, 6.45) is 1.60. The van der Waals surface area contributed by atoms with Gasteiger partial charge in [0.05, 0.1) is 16.7 Å². The minimum atomic E-state index is -0.526. The van der Waals surface area contributed by atoms with Gasteiger partial charge in [0.15, 0.2) is 0 Å². The van der Waals surface area contributed by atoms with Crippen LogP contribution in [0.5, 0.6) is 0 Å². The summed E-state index contributed by atoms with van der Waals surface area (Å²) < 4.78 is 13.7. The van der Waals surface area contributed by atoms with Crippen molar-refractivity contribution in [2.75, 3.05) is 0 Å². The molecule has 4 aromatic rings. The fourth-order valence-electron chi connectivity index (χ4n) is 3.39. The minimum absolute atomic E-state index is 0.178. The molecule has 0 radical (unpaired) electrons. The molecule has 5 rings (SSSR count). The van der Waals surface area contributed by atoms with Crippen LogP contribution in [0.1, 0.15) is 11.3 Å². The maximum Gasteiger partial charge on any atom is 0.261 e. The van der Waals surface area contributed by atoms with Gasteiger partial charge in [-0.05, 0) is 24.3 Å². The van der Waals surface area contributed by atoms with Crippen LogP contribution < -0.4 is 5.32 Å². The Morgan fingerprint density at radius 2 is 1.69 bits per heavy atom. The minimum Gasteiger partial charge on any atom is -0.361 e. The SMILES string of the molecule is O=C1NC(=O)C(c2n[nH]c3ccccc23)=C1c1c[nH]c2ccc(F)cc12. The summed E-state index contributed by atoms with van der Waals surface area (Å²) in [6, 6.07) is 11.6. The Balaban J connectivity index is 1.85. The second-order valence-electron chi connectivity index (χ2n) is 6.04. The molecule has 7 heteroatoms. The molecule has 2 amide bonds. The van der Waals surface area contributed by atoms with Gasteiger partial charge in [0, 0.05) is 28.0 Å². The first-order chi connectivity index (χ1) is 12.6. The first-order valence-corrected chi connectivity index (χ1v) is 7.94. The number of nitrogens with one attached hydrogen (secondary N) is 3. The predicted molar refractivity (Wildman–Crippen MR) is 94.3 cm³/mol. The van der Waals surface area contributed by atoms with Crippen molar-refractivity contribution in [3.63, 3.8) is 0 Å². The highest BCUT2D eigenvalue weighted by molar-refractivity contribution is 6.50. The third kappa shape index (κ3) is 1.94. The molecule has 2 aromatic carbocycles. The van der Waals surface area contributed by atoms with E-state index in [0.29, 0.717) is 22.2 Å². The zero-order valence-corrected chi connectivity index (χ0v) is 13.3. The number of nitrogens with zero attached hydrogens (tertiary/aromatic N) is 1. The van der Waals surface area contributed by atoms with Gasteiger partial charge >= 0.3 is 0 Å². The number of amides is 2. The van der Waals surface area contributed by atoms with Crippen molar-refractivity contribution in [3.8, 4) is 0 Å². The van der Waals surface area contributed by atoms with E-state index in [2.05, 4.69) is 20.5 Å². The number of aromatic nitrogens is 3. The monoisotopic (exact) mass is 346 g/mol. The highest BCUT2D eigenvalue weighted by Gasteiger charge is 2.35. The van der Waals surface area contributed by atoms with Gasteiger partial charge in [-0.25, -0.2) is 4.39 Å². The van der Waals surface area contributed by atoms with Gasteiger partial charge in [0.2, 0.25) is 0 Å². The van der Waals surface area contributed by atoms with Gasteiger partial charge in [0.25, 0.3) is 11.8 Å². The average Bonchev–Trinajstić information content (AvgIpc) is 3.29. The van der Waals surface area contributed by atoms with Crippen molar-refractivity contribution in [3.05, 3.63) is 65.7 Å². The van der Waals surface area contributed by atoms with Crippen LogP contribution in [0.15, 0.2) is 48.7 Å². The summed E-state index contributed by atoms with van der Waals surface area (Å²) in [5.41, 5.74) is 2.65. The van der Waals surface area contributed by atoms with Crippen LogP contribution in [0.3, 0.4) is 0 Å². The van der Waals surface area contributed by atoms with Crippen molar-refractivity contribution in [1.29, 1.82) is 0 Å². The lowest BCUT2D eigenvalue weighted by atomic mass is 9.97. The second-order valence-corrected chi connectivity index (χ2v) is 6.04. The van der Waals surface area contributed by atoms with Crippen molar-refractivity contribution < 1.29 is 14.0 Å². The Hall–Kier alpha value is -3.74. The summed E-state index contributed by atoms with van der Waals surface area (Å²) in [4.78, 5) is 28.0. The number of aromatic amines is 2. The molecule has 3 heterocycles. The van der Waals surface area contributed by atoms with Gasteiger partial charge in [-0.3, -0.25) is 20.0 Å². The number of H-pyrrole nitrogens is 2. The number of benzene rings is 2. The summed E-state index contributed by atoms with van der Waals surface area (Å²) >= 11 is 0. The van der Waals surface area contributed by atoms with Crippen LogP contribution in [-0.2, 0) is 9.59 Å². The fourth-order valence-corrected chi connectivity index (χ4v) is 3.39. The molecule has 3 N–H and O–H groups in total. The van der Waals surface area contributed by atoms with Crippen LogP contribution in [0.2, 0.25) is 0 Å². The van der Waals surface area contributed by atoms with Gasteiger partial charge in [-0.2, -0.15) is 5.10 Å². The number of rotatable bonds is 2. The number of para-hydroxylation sites is 1. The molecule has 126 valence electrons. The molecular weight excluding hydrogens is 335 g/mol. The van der Waals surface area contributed by atoms with Crippen LogP contribution in [0.4, 0.5) is 4.39 Å². The van der Waals surface area contributed by atoms with E-state index in [1.165, 1.54) is 12.1 Å². The number of carbonyl (C=O) groups is 2. The molecule has 0 aliphatic carbocycles. The maximum absolute atomic E-state index is 13.7. The average molecular weight is 346 g/mol. The normalized spacial score (nSPS) is 14.7. The van der Waals surface area contributed by atoms with E-state index in [4.69, 9.17) is 0 Å². The van der Waals surface area contributed by atoms with E-state index in [1.54, 1.807) is 12.3 Å². The zero-order valence-electron chi connectivity index (χ0n) is 13.3. The van der Waals surface area contributed by atoms with E-state index >= 15 is 0 Å². The van der Waals surface area contributed by atoms with Gasteiger partial charge in [-0.15, -0.1) is 0 Å². The van der Waals surface area contributed by atoms with Crippen molar-refractivity contribution in [2.45, 2.75) is 0 Å². The molecule has 2 aromatic heterocycles. The molecule has 0 unspecified atom stereocenters. The Bertz CT molecular complexity index is 1270. The molecule has 0 saturated heterocycles. The topological polar surface area (TPSA) is 90.6 Å². The molecule has 1 aliphatic rings. The fraction of sp³-hybridized carbons (Fsp3) is 0. The maximum atomic E-state index is 13.7. The van der Waals surface area contributed by atoms with Crippen molar-refractivity contribution in [1.82, 2.24) is 20.5 Å². The molecule has 0 fully saturated rings. The quantitative estimate of drug-likeness (QED) is 0.488. The van der Waals surface area contributed by atoms with Crippen LogP contribution in [0.25, 0.3) is 33.0 Å². The van der Waals surface area contributed by atoms with E-state index in [1.807, 2.05) is 24.3 Å². The third-order valence-electron chi connectivity index (χ3n) is 4.55. The van der Waals surface area contributed by atoms with Gasteiger partial charge in [0.1, 0.15) is 11.5 Å². The summed E-state index contributed by atoms with van der Waals surface area (Å²) in [5.74, 6) is -1.47. The number of hydrogen-bond donors (Lipinski definition) is 3. The number of imide groups is 1. The van der Waals surface area contributed by atoms with E-state index < -0.39 is 17.6 Å². The molecule has 0 bridgehead atoms. The molecule has 0 saturated carbocycles. The van der Waals surface area contributed by atoms with Crippen molar-refractivity contribution >= 4 is 44.8 Å². The summed E-state index contributed by atoms with van der Waals surface area (Å²) in [6.45, 7) is 0. The van der Waals surface area contributed by atoms with Crippen LogP contribution in [0, 0.1) is 5.82 Å². The Morgan fingerprint density at radius 1 is 0.885 bits per heavy atom. The highest BCUT2D eigenvalue weighted by Crippen LogP contribution is 2.36. The lowest BCUT2D eigenvalue weighted by Crippen LogP contribution is -2.22. The lowest BCUT2D eigenvalue weighted by Gasteiger charge is -2.02. The standard InChI is InChI=1S/C19H11FN4O2/c20-9-5-6-13-11(7-9)12(8-21-13)15-16(19(26)22-18(15)25)17-10-3-1-2-4-14(10)23-24-17/h1-8,21H,(H,23,24)(H,22,25,26). The third-order valence-corrected chi connectivity index (χ3v) is 4.55. The molecule has 0 spiro atoms. The van der Waals surface area contributed by atoms with E-state index in [9.17, 15) is 14.0 Å². The highest BCUT2D eigenvalue weighted by atomic mass is 19.1. The van der Waals surface area contributed by atoms with Crippen LogP contribution in [-0.4, -0.2) is 27.0 Å². The number of hydrogen-bond acceptors (Lipinski definition) is 3. The van der Waals surface area contributed by atoms with Crippen molar-refractivity contribution in [2.24, 2.45) is 0 Å². The Morgan fingerprint density at radius 3 is 2.58 bits per heavy atom. The number of fused-ring (bicyclic) bond motifs is 2. The van der Waals surface area contributed by atoms with E-state index in [-0.39, 0.29) is 11.1 Å². The molecule has 0 atom stereocenters. The second kappa shape index (κ2) is 5.13. The number of carbonyl (C=O) groups excluding carboxylic acids is 2. The van der Waals surface area contributed by atoms with Crippen LogP contribution >= 0.6 is 0 Å². The van der Waals surface area contributed by atoms with Gasteiger partial charge < -0.3 is 4.98 Å². The molecule has 26 heavy (non-hydrogen) atoms. The zero-order chi connectivity index (χ0) is 17.8. The Labute approximate surface area is 145 Å². The lowest BCUT2D eigenvalue weighted by molar-refractivity contribution is -0.122. The Kier molecular flexibility index (Phi) is 2.88. The summed E-state index contributed by atoms with van der Waals surface area (Å²) in [5, 5.41) is 10.7.